The van der Waals surface area contributed by atoms with Gasteiger partial charge in [-0.3, -0.25) is 14.4 Å². The van der Waals surface area contributed by atoms with E-state index in [2.05, 4.69) is 40.4 Å². The summed E-state index contributed by atoms with van der Waals surface area (Å²) in [5.74, 6) is -0.526. The number of nitrogens with one attached hydrogen (secondary N) is 2. The molecule has 5 aromatic rings. The maximum atomic E-state index is 13.7. The highest BCUT2D eigenvalue weighted by atomic mass is 19.1. The van der Waals surface area contributed by atoms with E-state index in [1.165, 1.54) is 17.0 Å². The molecule has 8 nitrogen and oxygen atoms in total. The lowest BCUT2D eigenvalue weighted by Gasteiger charge is -2.35. The van der Waals surface area contributed by atoms with Crippen molar-refractivity contribution < 1.29 is 18.8 Å². The van der Waals surface area contributed by atoms with Gasteiger partial charge < -0.3 is 20.4 Å². The van der Waals surface area contributed by atoms with Crippen LogP contribution in [0.3, 0.4) is 0 Å². The molecule has 1 atom stereocenters. The first-order valence-corrected chi connectivity index (χ1v) is 17.1. The summed E-state index contributed by atoms with van der Waals surface area (Å²) in [5, 5.41) is 6.61. The van der Waals surface area contributed by atoms with E-state index in [1.54, 1.807) is 55.6 Å². The number of amides is 3. The number of hydrogen-bond donors (Lipinski definition) is 2. The number of carbonyl (C=O) groups is 3. The summed E-state index contributed by atoms with van der Waals surface area (Å²) in [7, 11) is 1.65. The van der Waals surface area contributed by atoms with Gasteiger partial charge in [0, 0.05) is 36.1 Å². The molecular weight excluding hydrogens is 629 g/mol. The van der Waals surface area contributed by atoms with Crippen molar-refractivity contribution in [2.75, 3.05) is 25.5 Å². The maximum Gasteiger partial charge on any atom is 0.257 e. The van der Waals surface area contributed by atoms with Gasteiger partial charge in [0.25, 0.3) is 11.8 Å². The number of benzene rings is 4. The van der Waals surface area contributed by atoms with Crippen molar-refractivity contribution in [2.45, 2.75) is 51.2 Å². The van der Waals surface area contributed by atoms with E-state index in [1.807, 2.05) is 42.5 Å². The van der Waals surface area contributed by atoms with Crippen LogP contribution >= 0.6 is 0 Å². The van der Waals surface area contributed by atoms with Crippen LogP contribution in [0.4, 0.5) is 10.2 Å². The number of halogens is 1. The van der Waals surface area contributed by atoms with Crippen LogP contribution in [0.15, 0.2) is 109 Å². The minimum Gasteiger partial charge on any atom is -0.339 e. The molecule has 0 bridgehead atoms. The molecular formula is C41H42FN5O3. The molecule has 1 aromatic heterocycles. The molecule has 1 aliphatic rings. The van der Waals surface area contributed by atoms with Gasteiger partial charge in [-0.2, -0.15) is 0 Å². The Labute approximate surface area is 292 Å². The zero-order chi connectivity index (χ0) is 35.2. The second-order valence-electron chi connectivity index (χ2n) is 13.2. The fourth-order valence-corrected chi connectivity index (χ4v) is 6.62. The number of rotatable bonds is 10. The molecule has 1 aliphatic heterocycles. The summed E-state index contributed by atoms with van der Waals surface area (Å²) in [6.07, 6.45) is 2.03. The van der Waals surface area contributed by atoms with Crippen molar-refractivity contribution in [2.24, 2.45) is 0 Å². The molecule has 50 heavy (non-hydrogen) atoms. The maximum absolute atomic E-state index is 13.7. The Morgan fingerprint density at radius 2 is 1.56 bits per heavy atom. The number of fused-ring (bicyclic) bond motifs is 1. The number of nitrogens with zero attached hydrogens (tertiary/aromatic N) is 3. The quantitative estimate of drug-likeness (QED) is 0.162. The van der Waals surface area contributed by atoms with Crippen molar-refractivity contribution in [3.8, 4) is 0 Å². The van der Waals surface area contributed by atoms with E-state index < -0.39 is 11.9 Å². The molecule has 9 heteroatoms. The second kappa shape index (κ2) is 15.4. The third kappa shape index (κ3) is 8.06. The standard InChI is InChI=1S/C41H42FN5O3/c1-27(2)47-23-21-29(22-24-47)34-11-7-8-12-35(34)40(49)44-37-20-16-31-25-32(15-19-36(31)43-37)39(48)45-38(30-9-5-4-6-10-30)41(50)46(3)26-28-13-17-33(42)18-14-28/h4-20,25,27,29,38H,21-24,26H2,1-3H3,(H,45,48)(H,43,44,49)/t38-/m0/s1. The lowest BCUT2D eigenvalue weighted by atomic mass is 9.86. The molecule has 0 saturated carbocycles. The molecule has 0 spiro atoms. The first-order chi connectivity index (χ1) is 24.2. The summed E-state index contributed by atoms with van der Waals surface area (Å²) in [6, 6.07) is 31.1. The predicted molar refractivity (Wildman–Crippen MR) is 194 cm³/mol. The SMILES string of the molecule is CC(C)N1CCC(c2ccccc2C(=O)Nc2ccc3cc(C(=O)N[C@H](C(=O)N(C)Cc4ccc(F)cc4)c4ccccc4)ccc3n2)CC1. The van der Waals surface area contributed by atoms with Gasteiger partial charge in [-0.05, 0) is 111 Å². The van der Waals surface area contributed by atoms with Crippen LogP contribution in [-0.4, -0.2) is 58.7 Å². The summed E-state index contributed by atoms with van der Waals surface area (Å²) in [6.45, 7) is 6.72. The molecule has 6 rings (SSSR count). The first-order valence-electron chi connectivity index (χ1n) is 17.1. The molecule has 1 fully saturated rings. The van der Waals surface area contributed by atoms with Gasteiger partial charge in [-0.25, -0.2) is 9.37 Å². The van der Waals surface area contributed by atoms with Crippen molar-refractivity contribution in [1.29, 1.82) is 0 Å². The van der Waals surface area contributed by atoms with E-state index in [0.29, 0.717) is 45.4 Å². The largest absolute Gasteiger partial charge is 0.339 e. The highest BCUT2D eigenvalue weighted by Crippen LogP contribution is 2.31. The van der Waals surface area contributed by atoms with Crippen LogP contribution in [0, 0.1) is 5.82 Å². The number of pyridine rings is 1. The molecule has 0 unspecified atom stereocenters. The van der Waals surface area contributed by atoms with Crippen LogP contribution in [-0.2, 0) is 11.3 Å². The van der Waals surface area contributed by atoms with E-state index >= 15 is 0 Å². The number of aromatic nitrogens is 1. The third-order valence-electron chi connectivity index (χ3n) is 9.46. The molecule has 3 amide bonds. The Kier molecular flexibility index (Phi) is 10.6. The topological polar surface area (TPSA) is 94.6 Å². The van der Waals surface area contributed by atoms with Gasteiger partial charge in [0.2, 0.25) is 5.91 Å². The van der Waals surface area contributed by atoms with Crippen molar-refractivity contribution in [3.05, 3.63) is 143 Å². The summed E-state index contributed by atoms with van der Waals surface area (Å²) in [4.78, 5) is 49.4. The average Bonchev–Trinajstić information content (AvgIpc) is 3.14. The Bertz CT molecular complexity index is 1970. The molecule has 2 heterocycles. The molecule has 4 aromatic carbocycles. The van der Waals surface area contributed by atoms with Gasteiger partial charge in [0.1, 0.15) is 17.7 Å². The van der Waals surface area contributed by atoms with E-state index in [4.69, 9.17) is 0 Å². The lowest BCUT2D eigenvalue weighted by Crippen LogP contribution is -2.41. The van der Waals surface area contributed by atoms with E-state index in [-0.39, 0.29) is 24.2 Å². The predicted octanol–water partition coefficient (Wildman–Crippen LogP) is 7.34. The first kappa shape index (κ1) is 34.5. The minimum absolute atomic E-state index is 0.198. The number of anilines is 1. The van der Waals surface area contributed by atoms with Crippen molar-refractivity contribution in [1.82, 2.24) is 20.1 Å². The zero-order valence-electron chi connectivity index (χ0n) is 28.6. The van der Waals surface area contributed by atoms with Gasteiger partial charge in [0.05, 0.1) is 5.52 Å². The van der Waals surface area contributed by atoms with Gasteiger partial charge in [0.15, 0.2) is 0 Å². The van der Waals surface area contributed by atoms with Crippen LogP contribution in [0.1, 0.15) is 76.1 Å². The summed E-state index contributed by atoms with van der Waals surface area (Å²) in [5.41, 5.74) is 4.12. The molecule has 0 radical (unpaired) electrons. The van der Waals surface area contributed by atoms with E-state index in [0.717, 1.165) is 37.1 Å². The Morgan fingerprint density at radius 1 is 0.860 bits per heavy atom. The summed E-state index contributed by atoms with van der Waals surface area (Å²) < 4.78 is 13.4. The number of carbonyl (C=O) groups excluding carboxylic acids is 3. The molecule has 1 saturated heterocycles. The fourth-order valence-electron chi connectivity index (χ4n) is 6.62. The summed E-state index contributed by atoms with van der Waals surface area (Å²) >= 11 is 0. The Balaban J connectivity index is 1.15. The van der Waals surface area contributed by atoms with Gasteiger partial charge in [-0.15, -0.1) is 0 Å². The monoisotopic (exact) mass is 671 g/mol. The molecule has 0 aliphatic carbocycles. The fraction of sp³-hybridized carbons (Fsp3) is 0.268. The number of likely N-dealkylation sites (N-methyl/N-ethyl adjacent to an activating group) is 1. The zero-order valence-corrected chi connectivity index (χ0v) is 28.6. The number of likely N-dealkylation sites (tertiary alicyclic amines) is 1. The highest BCUT2D eigenvalue weighted by Gasteiger charge is 2.27. The molecule has 256 valence electrons. The van der Waals surface area contributed by atoms with E-state index in [9.17, 15) is 18.8 Å². The van der Waals surface area contributed by atoms with Gasteiger partial charge >= 0.3 is 0 Å². The molecule has 2 N–H and O–H groups in total. The smallest absolute Gasteiger partial charge is 0.257 e. The van der Waals surface area contributed by atoms with Crippen molar-refractivity contribution in [3.63, 3.8) is 0 Å². The highest BCUT2D eigenvalue weighted by molar-refractivity contribution is 6.05. The van der Waals surface area contributed by atoms with Gasteiger partial charge in [-0.1, -0.05) is 60.7 Å². The number of hydrogen-bond acceptors (Lipinski definition) is 5. The number of piperidine rings is 1. The van der Waals surface area contributed by atoms with Crippen LogP contribution in [0.2, 0.25) is 0 Å². The van der Waals surface area contributed by atoms with Crippen LogP contribution in [0.25, 0.3) is 10.9 Å². The lowest BCUT2D eigenvalue weighted by molar-refractivity contribution is -0.132. The average molecular weight is 672 g/mol. The van der Waals surface area contributed by atoms with Crippen LogP contribution < -0.4 is 10.6 Å². The van der Waals surface area contributed by atoms with Crippen LogP contribution in [0.5, 0.6) is 0 Å². The van der Waals surface area contributed by atoms with Crippen molar-refractivity contribution >= 4 is 34.4 Å². The second-order valence-corrected chi connectivity index (χ2v) is 13.2. The Morgan fingerprint density at radius 3 is 2.28 bits per heavy atom. The normalized spacial score (nSPS) is 14.3. The Hall–Kier alpha value is -5.41. The minimum atomic E-state index is -0.939. The third-order valence-corrected chi connectivity index (χ3v) is 9.46.